The third-order valence-electron chi connectivity index (χ3n) is 6.17. The number of para-hydroxylation sites is 1. The zero-order valence-corrected chi connectivity index (χ0v) is 17.7. The van der Waals surface area contributed by atoms with E-state index in [4.69, 9.17) is 4.74 Å². The standard InChI is InChI=1S/C26H28N2O2/c1-28(22-9-4-3-5-10-22)23-13-14-24-19(7-6-8-20(24)17-23)11-12-21-18-27-16-15-25(21)26(29)30-2/h3-5,9-10,13-19H,6-8,11-12H2,1-2H3/t19-/m0/s1. The maximum absolute atomic E-state index is 12.0. The molecule has 0 fully saturated rings. The Bertz CT molecular complexity index is 1020. The number of carbonyl (C=O) groups is 1. The van der Waals surface area contributed by atoms with E-state index < -0.39 is 0 Å². The molecular formula is C26H28N2O2. The van der Waals surface area contributed by atoms with Crippen molar-refractivity contribution in [3.8, 4) is 0 Å². The van der Waals surface area contributed by atoms with Crippen LogP contribution in [0.3, 0.4) is 0 Å². The van der Waals surface area contributed by atoms with Crippen LogP contribution in [-0.4, -0.2) is 25.1 Å². The van der Waals surface area contributed by atoms with Gasteiger partial charge in [-0.3, -0.25) is 4.98 Å². The third kappa shape index (κ3) is 4.23. The number of aryl methyl sites for hydroxylation is 2. The van der Waals surface area contributed by atoms with E-state index in [2.05, 4.69) is 59.4 Å². The number of pyridine rings is 1. The number of aromatic nitrogens is 1. The summed E-state index contributed by atoms with van der Waals surface area (Å²) < 4.78 is 4.93. The fraction of sp³-hybridized carbons (Fsp3) is 0.308. The van der Waals surface area contributed by atoms with Gasteiger partial charge in [-0.15, -0.1) is 0 Å². The minimum atomic E-state index is -0.287. The van der Waals surface area contributed by atoms with Crippen molar-refractivity contribution in [2.75, 3.05) is 19.1 Å². The Morgan fingerprint density at radius 2 is 1.97 bits per heavy atom. The number of anilines is 2. The highest BCUT2D eigenvalue weighted by molar-refractivity contribution is 5.90. The van der Waals surface area contributed by atoms with Gasteiger partial charge in [0, 0.05) is 30.8 Å². The first-order valence-corrected chi connectivity index (χ1v) is 10.6. The van der Waals surface area contributed by atoms with Crippen molar-refractivity contribution >= 4 is 17.3 Å². The van der Waals surface area contributed by atoms with Crippen LogP contribution in [0.15, 0.2) is 67.0 Å². The quantitative estimate of drug-likeness (QED) is 0.499. The summed E-state index contributed by atoms with van der Waals surface area (Å²) in [4.78, 5) is 18.5. The average Bonchev–Trinajstić information content (AvgIpc) is 2.82. The first kappa shape index (κ1) is 20.1. The third-order valence-corrected chi connectivity index (χ3v) is 6.17. The number of methoxy groups -OCH3 is 1. The van der Waals surface area contributed by atoms with Crippen LogP contribution in [-0.2, 0) is 17.6 Å². The number of hydrogen-bond donors (Lipinski definition) is 0. The number of rotatable bonds is 6. The molecule has 4 nitrogen and oxygen atoms in total. The van der Waals surface area contributed by atoms with Crippen LogP contribution >= 0.6 is 0 Å². The highest BCUT2D eigenvalue weighted by Gasteiger charge is 2.22. The van der Waals surface area contributed by atoms with Crippen molar-refractivity contribution in [2.24, 2.45) is 0 Å². The number of fused-ring (bicyclic) bond motifs is 1. The molecule has 1 atom stereocenters. The molecule has 1 aromatic heterocycles. The Labute approximate surface area is 178 Å². The highest BCUT2D eigenvalue weighted by atomic mass is 16.5. The number of nitrogens with zero attached hydrogens (tertiary/aromatic N) is 2. The fourth-order valence-corrected chi connectivity index (χ4v) is 4.48. The molecule has 4 heteroatoms. The Morgan fingerprint density at radius 3 is 2.77 bits per heavy atom. The molecule has 0 saturated heterocycles. The van der Waals surface area contributed by atoms with Gasteiger partial charge in [-0.05, 0) is 85.0 Å². The second kappa shape index (κ2) is 9.12. The van der Waals surface area contributed by atoms with Gasteiger partial charge < -0.3 is 9.64 Å². The summed E-state index contributed by atoms with van der Waals surface area (Å²) in [7, 11) is 3.54. The van der Waals surface area contributed by atoms with Crippen molar-refractivity contribution in [3.05, 3.63) is 89.2 Å². The molecule has 1 aliphatic carbocycles. The van der Waals surface area contributed by atoms with Crippen LogP contribution < -0.4 is 4.90 Å². The largest absolute Gasteiger partial charge is 0.465 e. The number of benzene rings is 2. The molecule has 30 heavy (non-hydrogen) atoms. The lowest BCUT2D eigenvalue weighted by Gasteiger charge is -2.28. The van der Waals surface area contributed by atoms with Gasteiger partial charge in [0.1, 0.15) is 0 Å². The first-order chi connectivity index (χ1) is 14.7. The molecule has 1 heterocycles. The summed E-state index contributed by atoms with van der Waals surface area (Å²) in [5.41, 5.74) is 6.92. The minimum absolute atomic E-state index is 0.287. The number of esters is 1. The minimum Gasteiger partial charge on any atom is -0.465 e. The van der Waals surface area contributed by atoms with Gasteiger partial charge in [0.05, 0.1) is 12.7 Å². The second-order valence-corrected chi connectivity index (χ2v) is 7.93. The van der Waals surface area contributed by atoms with Gasteiger partial charge in [-0.25, -0.2) is 4.79 Å². The van der Waals surface area contributed by atoms with Gasteiger partial charge >= 0.3 is 5.97 Å². The molecule has 3 aromatic rings. The summed E-state index contributed by atoms with van der Waals surface area (Å²) in [6, 6.07) is 19.1. The highest BCUT2D eigenvalue weighted by Crippen LogP contribution is 2.37. The molecule has 4 rings (SSSR count). The lowest BCUT2D eigenvalue weighted by Crippen LogP contribution is -2.14. The van der Waals surface area contributed by atoms with E-state index in [1.807, 2.05) is 6.07 Å². The zero-order valence-electron chi connectivity index (χ0n) is 17.7. The second-order valence-electron chi connectivity index (χ2n) is 7.93. The van der Waals surface area contributed by atoms with E-state index in [0.717, 1.165) is 24.8 Å². The summed E-state index contributed by atoms with van der Waals surface area (Å²) >= 11 is 0. The summed E-state index contributed by atoms with van der Waals surface area (Å²) in [6.07, 6.45) is 8.80. The average molecular weight is 401 g/mol. The Balaban J connectivity index is 1.52. The van der Waals surface area contributed by atoms with Gasteiger partial charge in [0.15, 0.2) is 0 Å². The maximum Gasteiger partial charge on any atom is 0.338 e. The van der Waals surface area contributed by atoms with Gasteiger partial charge in [0.2, 0.25) is 0 Å². The molecule has 0 N–H and O–H groups in total. The van der Waals surface area contributed by atoms with Crippen LogP contribution in [0.5, 0.6) is 0 Å². The fourth-order valence-electron chi connectivity index (χ4n) is 4.48. The molecule has 0 unspecified atom stereocenters. The Morgan fingerprint density at radius 1 is 1.13 bits per heavy atom. The van der Waals surface area contributed by atoms with Gasteiger partial charge in [-0.2, -0.15) is 0 Å². The van der Waals surface area contributed by atoms with Gasteiger partial charge in [-0.1, -0.05) is 24.3 Å². The summed E-state index contributed by atoms with van der Waals surface area (Å²) in [5, 5.41) is 0. The predicted molar refractivity (Wildman–Crippen MR) is 121 cm³/mol. The lowest BCUT2D eigenvalue weighted by atomic mass is 9.79. The van der Waals surface area contributed by atoms with Crippen LogP contribution in [0, 0.1) is 0 Å². The number of ether oxygens (including phenoxy) is 1. The molecular weight excluding hydrogens is 372 g/mol. The molecule has 0 saturated carbocycles. The molecule has 0 bridgehead atoms. The van der Waals surface area contributed by atoms with Crippen LogP contribution in [0.1, 0.15) is 52.2 Å². The molecule has 0 radical (unpaired) electrons. The normalized spacial score (nSPS) is 15.3. The molecule has 1 aliphatic rings. The number of carbonyl (C=O) groups excluding carboxylic acids is 1. The van der Waals surface area contributed by atoms with E-state index in [9.17, 15) is 4.79 Å². The van der Waals surface area contributed by atoms with Gasteiger partial charge in [0.25, 0.3) is 0 Å². The van der Waals surface area contributed by atoms with Crippen LogP contribution in [0.2, 0.25) is 0 Å². The molecule has 0 amide bonds. The molecule has 2 aromatic carbocycles. The summed E-state index contributed by atoms with van der Waals surface area (Å²) in [6.45, 7) is 0. The monoisotopic (exact) mass is 400 g/mol. The van der Waals surface area contributed by atoms with E-state index in [1.54, 1.807) is 18.5 Å². The molecule has 0 spiro atoms. The Kier molecular flexibility index (Phi) is 6.12. The van der Waals surface area contributed by atoms with Crippen molar-refractivity contribution in [3.63, 3.8) is 0 Å². The molecule has 0 aliphatic heterocycles. The van der Waals surface area contributed by atoms with Crippen molar-refractivity contribution < 1.29 is 9.53 Å². The topological polar surface area (TPSA) is 42.4 Å². The van der Waals surface area contributed by atoms with Crippen molar-refractivity contribution in [2.45, 2.75) is 38.0 Å². The smallest absolute Gasteiger partial charge is 0.338 e. The van der Waals surface area contributed by atoms with E-state index in [-0.39, 0.29) is 5.97 Å². The predicted octanol–water partition coefficient (Wildman–Crippen LogP) is 5.69. The summed E-state index contributed by atoms with van der Waals surface area (Å²) in [5.74, 6) is 0.223. The number of hydrogen-bond acceptors (Lipinski definition) is 4. The van der Waals surface area contributed by atoms with E-state index >= 15 is 0 Å². The van der Waals surface area contributed by atoms with Crippen LogP contribution in [0.25, 0.3) is 0 Å². The van der Waals surface area contributed by atoms with E-state index in [0.29, 0.717) is 11.5 Å². The Hall–Kier alpha value is -3.14. The van der Waals surface area contributed by atoms with Crippen molar-refractivity contribution in [1.29, 1.82) is 0 Å². The zero-order chi connectivity index (χ0) is 20.9. The first-order valence-electron chi connectivity index (χ1n) is 10.6. The van der Waals surface area contributed by atoms with Crippen molar-refractivity contribution in [1.82, 2.24) is 4.98 Å². The van der Waals surface area contributed by atoms with Crippen LogP contribution in [0.4, 0.5) is 11.4 Å². The SMILES string of the molecule is COC(=O)c1ccncc1CC[C@@H]1CCCc2cc(N(C)c3ccccc3)ccc21. The lowest BCUT2D eigenvalue weighted by molar-refractivity contribution is 0.0599. The molecule has 154 valence electrons. The maximum atomic E-state index is 12.0. The van der Waals surface area contributed by atoms with E-state index in [1.165, 1.54) is 42.5 Å².